The molecule has 0 spiro atoms. The summed E-state index contributed by atoms with van der Waals surface area (Å²) in [5.74, 6) is 1.42. The molecule has 0 aliphatic carbocycles. The quantitative estimate of drug-likeness (QED) is 0.843. The first-order valence-corrected chi connectivity index (χ1v) is 7.55. The summed E-state index contributed by atoms with van der Waals surface area (Å²) in [5, 5.41) is 2.67. The predicted octanol–water partition coefficient (Wildman–Crippen LogP) is 3.64. The number of hydrogen-bond donors (Lipinski definition) is 1. The van der Waals surface area contributed by atoms with Crippen LogP contribution >= 0.6 is 0 Å². The third-order valence-electron chi connectivity index (χ3n) is 3.26. The molecule has 0 heterocycles. The summed E-state index contributed by atoms with van der Waals surface area (Å²) in [7, 11) is 3.21. The summed E-state index contributed by atoms with van der Waals surface area (Å²) in [6.07, 6.45) is 3.26. The molecule has 0 unspecified atom stereocenters. The molecular formula is C19H21NO4. The summed E-state index contributed by atoms with van der Waals surface area (Å²) in [5.41, 5.74) is 1.87. The number of carbonyl (C=O) groups excluding carboxylic acids is 1. The van der Waals surface area contributed by atoms with E-state index in [0.717, 1.165) is 11.1 Å². The number of amides is 1. The van der Waals surface area contributed by atoms with Gasteiger partial charge in [0, 0.05) is 12.6 Å². The molecule has 5 heteroatoms. The van der Waals surface area contributed by atoms with E-state index in [1.807, 2.05) is 54.6 Å². The standard InChI is InChI=1S/C19H21NO4/c1-22-17-11-16(12-18(13-17)23-2)9-6-10-20-19(21)24-14-15-7-4-3-5-8-15/h3-9,11-13H,10,14H2,1-2H3,(H,20,21). The first kappa shape index (κ1) is 17.4. The van der Waals surface area contributed by atoms with Crippen molar-refractivity contribution in [2.75, 3.05) is 20.8 Å². The van der Waals surface area contributed by atoms with Crippen molar-refractivity contribution >= 4 is 12.2 Å². The lowest BCUT2D eigenvalue weighted by Crippen LogP contribution is -2.24. The van der Waals surface area contributed by atoms with Crippen LogP contribution in [0.15, 0.2) is 54.6 Å². The monoisotopic (exact) mass is 327 g/mol. The van der Waals surface area contributed by atoms with Crippen molar-refractivity contribution in [3.63, 3.8) is 0 Å². The second kappa shape index (κ2) is 9.25. The van der Waals surface area contributed by atoms with Crippen molar-refractivity contribution in [2.24, 2.45) is 0 Å². The highest BCUT2D eigenvalue weighted by Crippen LogP contribution is 2.23. The number of alkyl carbamates (subject to hydrolysis) is 1. The Morgan fingerprint density at radius 2 is 1.71 bits per heavy atom. The average molecular weight is 327 g/mol. The van der Waals surface area contributed by atoms with E-state index < -0.39 is 6.09 Å². The maximum Gasteiger partial charge on any atom is 0.407 e. The maximum absolute atomic E-state index is 11.6. The van der Waals surface area contributed by atoms with Crippen LogP contribution in [0.5, 0.6) is 11.5 Å². The third-order valence-corrected chi connectivity index (χ3v) is 3.26. The second-order valence-corrected chi connectivity index (χ2v) is 4.99. The molecule has 2 rings (SSSR count). The summed E-state index contributed by atoms with van der Waals surface area (Å²) in [4.78, 5) is 11.6. The molecule has 0 saturated carbocycles. The van der Waals surface area contributed by atoms with Crippen molar-refractivity contribution in [2.45, 2.75) is 6.61 Å². The minimum Gasteiger partial charge on any atom is -0.497 e. The van der Waals surface area contributed by atoms with Gasteiger partial charge in [-0.05, 0) is 23.3 Å². The van der Waals surface area contributed by atoms with Gasteiger partial charge in [-0.2, -0.15) is 0 Å². The van der Waals surface area contributed by atoms with E-state index in [9.17, 15) is 4.79 Å². The fraction of sp³-hybridized carbons (Fsp3) is 0.211. The number of benzene rings is 2. The summed E-state index contributed by atoms with van der Waals surface area (Å²) >= 11 is 0. The van der Waals surface area contributed by atoms with Gasteiger partial charge in [-0.3, -0.25) is 0 Å². The minimum atomic E-state index is -0.452. The smallest absolute Gasteiger partial charge is 0.407 e. The van der Waals surface area contributed by atoms with Crippen molar-refractivity contribution in [3.05, 3.63) is 65.7 Å². The van der Waals surface area contributed by atoms with Crippen LogP contribution in [0, 0.1) is 0 Å². The molecule has 0 bridgehead atoms. The molecule has 24 heavy (non-hydrogen) atoms. The molecule has 126 valence electrons. The molecule has 0 atom stereocenters. The van der Waals surface area contributed by atoms with E-state index >= 15 is 0 Å². The van der Waals surface area contributed by atoms with Crippen LogP contribution in [0.2, 0.25) is 0 Å². The van der Waals surface area contributed by atoms with Gasteiger partial charge in [0.1, 0.15) is 18.1 Å². The van der Waals surface area contributed by atoms with Crippen LogP contribution in [-0.2, 0) is 11.3 Å². The molecule has 0 fully saturated rings. The number of ether oxygens (including phenoxy) is 3. The molecule has 2 aromatic carbocycles. The Balaban J connectivity index is 1.78. The summed E-state index contributed by atoms with van der Waals surface area (Å²) < 4.78 is 15.6. The number of carbonyl (C=O) groups is 1. The van der Waals surface area contributed by atoms with Gasteiger partial charge in [0.2, 0.25) is 0 Å². The lowest BCUT2D eigenvalue weighted by molar-refractivity contribution is 0.141. The van der Waals surface area contributed by atoms with Crippen LogP contribution < -0.4 is 14.8 Å². The van der Waals surface area contributed by atoms with E-state index in [1.54, 1.807) is 20.3 Å². The summed E-state index contributed by atoms with van der Waals surface area (Å²) in [6.45, 7) is 0.622. The highest BCUT2D eigenvalue weighted by Gasteiger charge is 2.01. The molecule has 1 N–H and O–H groups in total. The molecule has 0 radical (unpaired) electrons. The summed E-state index contributed by atoms with van der Waals surface area (Å²) in [6, 6.07) is 15.1. The number of rotatable bonds is 7. The number of nitrogens with one attached hydrogen (secondary N) is 1. The van der Waals surface area contributed by atoms with Crippen molar-refractivity contribution in [3.8, 4) is 11.5 Å². The molecule has 0 aliphatic heterocycles. The zero-order chi connectivity index (χ0) is 17.2. The van der Waals surface area contributed by atoms with Crippen LogP contribution in [-0.4, -0.2) is 26.9 Å². The molecule has 0 saturated heterocycles. The predicted molar refractivity (Wildman–Crippen MR) is 93.2 cm³/mol. The molecular weight excluding hydrogens is 306 g/mol. The zero-order valence-electron chi connectivity index (χ0n) is 13.8. The van der Waals surface area contributed by atoms with Crippen molar-refractivity contribution in [1.29, 1.82) is 0 Å². The topological polar surface area (TPSA) is 56.8 Å². The molecule has 0 aromatic heterocycles. The van der Waals surface area contributed by atoms with Crippen molar-refractivity contribution in [1.82, 2.24) is 5.32 Å². The Labute approximate surface area is 141 Å². The average Bonchev–Trinajstić information content (AvgIpc) is 2.64. The number of hydrogen-bond acceptors (Lipinski definition) is 4. The lowest BCUT2D eigenvalue weighted by Gasteiger charge is -2.06. The Bertz CT molecular complexity index is 661. The van der Waals surface area contributed by atoms with Gasteiger partial charge in [0.05, 0.1) is 14.2 Å². The van der Waals surface area contributed by atoms with E-state index in [2.05, 4.69) is 5.32 Å². The fourth-order valence-corrected chi connectivity index (χ4v) is 2.04. The van der Waals surface area contributed by atoms with E-state index in [1.165, 1.54) is 0 Å². The van der Waals surface area contributed by atoms with Crippen LogP contribution in [0.4, 0.5) is 4.79 Å². The third kappa shape index (κ3) is 5.68. The van der Waals surface area contributed by atoms with Gasteiger partial charge < -0.3 is 19.5 Å². The lowest BCUT2D eigenvalue weighted by atomic mass is 10.2. The molecule has 0 aliphatic rings. The Morgan fingerprint density at radius 1 is 1.04 bits per heavy atom. The van der Waals surface area contributed by atoms with Gasteiger partial charge in [-0.1, -0.05) is 42.5 Å². The molecule has 1 amide bonds. The maximum atomic E-state index is 11.6. The first-order valence-electron chi connectivity index (χ1n) is 7.55. The van der Waals surface area contributed by atoms with Crippen LogP contribution in [0.1, 0.15) is 11.1 Å². The fourth-order valence-electron chi connectivity index (χ4n) is 2.04. The minimum absolute atomic E-state index is 0.253. The SMILES string of the molecule is COc1cc(C=CCNC(=O)OCc2ccccc2)cc(OC)c1. The highest BCUT2D eigenvalue weighted by atomic mass is 16.5. The van der Waals surface area contributed by atoms with Gasteiger partial charge in [0.25, 0.3) is 0 Å². The molecule has 2 aromatic rings. The second-order valence-electron chi connectivity index (χ2n) is 4.99. The van der Waals surface area contributed by atoms with Gasteiger partial charge in [-0.15, -0.1) is 0 Å². The van der Waals surface area contributed by atoms with E-state index in [0.29, 0.717) is 18.0 Å². The Morgan fingerprint density at radius 3 is 2.33 bits per heavy atom. The van der Waals surface area contributed by atoms with E-state index in [-0.39, 0.29) is 6.61 Å². The van der Waals surface area contributed by atoms with Crippen LogP contribution in [0.3, 0.4) is 0 Å². The first-order chi connectivity index (χ1) is 11.7. The van der Waals surface area contributed by atoms with Gasteiger partial charge >= 0.3 is 6.09 Å². The zero-order valence-corrected chi connectivity index (χ0v) is 13.8. The van der Waals surface area contributed by atoms with Gasteiger partial charge in [-0.25, -0.2) is 4.79 Å². The van der Waals surface area contributed by atoms with Crippen molar-refractivity contribution < 1.29 is 19.0 Å². The molecule has 5 nitrogen and oxygen atoms in total. The van der Waals surface area contributed by atoms with Crippen LogP contribution in [0.25, 0.3) is 6.08 Å². The van der Waals surface area contributed by atoms with E-state index in [4.69, 9.17) is 14.2 Å². The highest BCUT2D eigenvalue weighted by molar-refractivity contribution is 5.67. The normalized spacial score (nSPS) is 10.4. The largest absolute Gasteiger partial charge is 0.497 e. The van der Waals surface area contributed by atoms with Gasteiger partial charge in [0.15, 0.2) is 0 Å². The number of methoxy groups -OCH3 is 2. The Kier molecular flexibility index (Phi) is 6.71. The Hall–Kier alpha value is -2.95.